The molecule has 0 bridgehead atoms. The number of hydrogen-bond acceptors (Lipinski definition) is 6. The lowest BCUT2D eigenvalue weighted by Gasteiger charge is -2.17. The molecular weight excluding hydrogens is 552 g/mol. The molecule has 0 atom stereocenters. The largest absolute Gasteiger partial charge is 0.506 e. The minimum Gasteiger partial charge on any atom is -0.506 e. The summed E-state index contributed by atoms with van der Waals surface area (Å²) in [4.78, 5) is 25.3. The summed E-state index contributed by atoms with van der Waals surface area (Å²) < 4.78 is 16.8. The molecule has 0 aliphatic rings. The summed E-state index contributed by atoms with van der Waals surface area (Å²) in [5.41, 5.74) is 0.495. The van der Waals surface area contributed by atoms with Crippen LogP contribution in [0.5, 0.6) is 11.5 Å². The van der Waals surface area contributed by atoms with Crippen LogP contribution in [0.1, 0.15) is 102 Å². The van der Waals surface area contributed by atoms with E-state index >= 15 is 0 Å². The van der Waals surface area contributed by atoms with E-state index in [0.717, 1.165) is 13.0 Å². The molecular formula is C33H51N2O6S. The summed E-state index contributed by atoms with van der Waals surface area (Å²) in [6, 6.07) is 6.54. The number of ether oxygens (including phenoxy) is 3. The van der Waals surface area contributed by atoms with Gasteiger partial charge < -0.3 is 24.6 Å². The van der Waals surface area contributed by atoms with Crippen LogP contribution in [0.2, 0.25) is 0 Å². The second-order valence-corrected chi connectivity index (χ2v) is 11.5. The Bertz CT molecular complexity index is 1080. The van der Waals surface area contributed by atoms with Gasteiger partial charge in [0.2, 0.25) is 0 Å². The van der Waals surface area contributed by atoms with Gasteiger partial charge in [-0.1, -0.05) is 103 Å². The van der Waals surface area contributed by atoms with Gasteiger partial charge in [0.1, 0.15) is 11.5 Å². The van der Waals surface area contributed by atoms with E-state index in [4.69, 9.17) is 26.8 Å². The van der Waals surface area contributed by atoms with E-state index in [1.807, 2.05) is 13.8 Å². The number of rotatable bonds is 22. The first-order valence-corrected chi connectivity index (χ1v) is 16.3. The van der Waals surface area contributed by atoms with Crippen molar-refractivity contribution in [1.29, 1.82) is 0 Å². The fraction of sp³-hybridized carbons (Fsp3) is 0.636. The molecule has 2 aromatic rings. The molecule has 3 N–H and O–H groups in total. The molecule has 0 spiro atoms. The van der Waals surface area contributed by atoms with E-state index < -0.39 is 12.0 Å². The minimum atomic E-state index is -0.609. The maximum atomic E-state index is 13.0. The van der Waals surface area contributed by atoms with Crippen LogP contribution in [0, 0.1) is 5.92 Å². The van der Waals surface area contributed by atoms with E-state index in [1.165, 1.54) is 63.9 Å². The van der Waals surface area contributed by atoms with E-state index in [0.29, 0.717) is 47.5 Å². The molecule has 0 heterocycles. The molecule has 2 amide bonds. The van der Waals surface area contributed by atoms with Crippen molar-refractivity contribution in [2.24, 2.45) is 5.92 Å². The Morgan fingerprint density at radius 3 is 2.26 bits per heavy atom. The Labute approximate surface area is 257 Å². The van der Waals surface area contributed by atoms with Gasteiger partial charge in [0.25, 0.3) is 5.91 Å². The topological polar surface area (TPSA) is 106 Å². The van der Waals surface area contributed by atoms with Crippen LogP contribution in [-0.2, 0) is 9.47 Å². The van der Waals surface area contributed by atoms with Crippen molar-refractivity contribution in [2.45, 2.75) is 91.4 Å². The quantitative estimate of drug-likeness (QED) is 0.117. The average molecular weight is 604 g/mol. The van der Waals surface area contributed by atoms with Crippen molar-refractivity contribution < 1.29 is 28.9 Å². The second kappa shape index (κ2) is 21.1. The molecule has 2 aromatic carbocycles. The number of benzene rings is 2. The fourth-order valence-corrected chi connectivity index (χ4v) is 4.71. The lowest BCUT2D eigenvalue weighted by atomic mass is 10.0. The number of nitrogens with one attached hydrogen (secondary N) is 2. The van der Waals surface area contributed by atoms with Crippen LogP contribution in [0.4, 0.5) is 10.5 Å². The highest BCUT2D eigenvalue weighted by atomic mass is 32.1. The SMILES string of the molecule is CCCCCCCCCCCCOCCCNC(=O)c1cc(OCC[S])c2c(NC(=O)OCC(C)C)cccc2c1O. The van der Waals surface area contributed by atoms with Gasteiger partial charge in [-0.15, -0.1) is 0 Å². The molecule has 0 saturated heterocycles. The van der Waals surface area contributed by atoms with E-state index in [2.05, 4.69) is 17.6 Å². The molecule has 2 rings (SSSR count). The molecule has 235 valence electrons. The number of carbonyl (C=O) groups is 2. The number of anilines is 1. The number of fused-ring (bicyclic) bond motifs is 1. The van der Waals surface area contributed by atoms with Crippen LogP contribution >= 0.6 is 12.6 Å². The zero-order valence-electron chi connectivity index (χ0n) is 25.8. The predicted molar refractivity (Wildman–Crippen MR) is 173 cm³/mol. The van der Waals surface area contributed by atoms with Crippen molar-refractivity contribution in [3.8, 4) is 11.5 Å². The highest BCUT2D eigenvalue weighted by Crippen LogP contribution is 2.40. The summed E-state index contributed by atoms with van der Waals surface area (Å²) in [7, 11) is 0. The maximum absolute atomic E-state index is 13.0. The Morgan fingerprint density at radius 1 is 0.929 bits per heavy atom. The molecule has 0 saturated carbocycles. The summed E-state index contributed by atoms with van der Waals surface area (Å²) in [5, 5.41) is 17.5. The van der Waals surface area contributed by atoms with E-state index in [-0.39, 0.29) is 30.4 Å². The van der Waals surface area contributed by atoms with Crippen LogP contribution < -0.4 is 15.4 Å². The average Bonchev–Trinajstić information content (AvgIpc) is 2.97. The molecule has 0 aliphatic heterocycles. The number of amides is 2. The summed E-state index contributed by atoms with van der Waals surface area (Å²) in [6.07, 6.45) is 13.0. The summed E-state index contributed by atoms with van der Waals surface area (Å²) in [5.74, 6) is 0.272. The smallest absolute Gasteiger partial charge is 0.411 e. The number of hydrogen-bond donors (Lipinski definition) is 3. The molecule has 8 nitrogen and oxygen atoms in total. The lowest BCUT2D eigenvalue weighted by Crippen LogP contribution is -2.25. The summed E-state index contributed by atoms with van der Waals surface area (Å²) in [6.45, 7) is 8.37. The van der Waals surface area contributed by atoms with Gasteiger partial charge in [-0.3, -0.25) is 10.1 Å². The highest BCUT2D eigenvalue weighted by Gasteiger charge is 2.21. The third kappa shape index (κ3) is 13.1. The standard InChI is InChI=1S/C33H51N2O6S/c1-4-5-6-7-8-9-10-11-12-13-19-39-20-15-18-34-32(37)27-23-29(40-21-22-42)30-26(31(27)36)16-14-17-28(30)35-33(38)41-24-25(2)3/h14,16-17,23,25,36H,4-13,15,18-22,24H2,1-3H3,(H,34,37)(H,35,38). The maximum Gasteiger partial charge on any atom is 0.411 e. The van der Waals surface area contributed by atoms with Crippen molar-refractivity contribution >= 4 is 41.1 Å². The summed E-state index contributed by atoms with van der Waals surface area (Å²) >= 11 is 5.04. The zero-order chi connectivity index (χ0) is 30.6. The van der Waals surface area contributed by atoms with Crippen LogP contribution in [0.15, 0.2) is 24.3 Å². The molecule has 9 heteroatoms. The van der Waals surface area contributed by atoms with E-state index in [1.54, 1.807) is 18.2 Å². The Balaban J connectivity index is 1.84. The lowest BCUT2D eigenvalue weighted by molar-refractivity contribution is 0.0937. The van der Waals surface area contributed by atoms with Crippen molar-refractivity contribution in [3.63, 3.8) is 0 Å². The monoisotopic (exact) mass is 603 g/mol. The highest BCUT2D eigenvalue weighted by molar-refractivity contribution is 7.80. The van der Waals surface area contributed by atoms with Crippen molar-refractivity contribution in [1.82, 2.24) is 5.32 Å². The molecule has 0 unspecified atom stereocenters. The third-order valence-electron chi connectivity index (χ3n) is 6.86. The fourth-order valence-electron chi connectivity index (χ4n) is 4.63. The first-order chi connectivity index (χ1) is 20.4. The van der Waals surface area contributed by atoms with Gasteiger partial charge in [-0.05, 0) is 30.9 Å². The molecule has 0 aromatic heterocycles. The number of aromatic hydroxyl groups is 1. The van der Waals surface area contributed by atoms with Gasteiger partial charge >= 0.3 is 6.09 Å². The van der Waals surface area contributed by atoms with Gasteiger partial charge in [0, 0.05) is 30.9 Å². The number of carbonyl (C=O) groups excluding carboxylic acids is 2. The Hall–Kier alpha value is -2.65. The second-order valence-electron chi connectivity index (χ2n) is 11.1. The number of phenols is 1. The van der Waals surface area contributed by atoms with Gasteiger partial charge in [-0.25, -0.2) is 4.79 Å². The normalized spacial score (nSPS) is 11.2. The van der Waals surface area contributed by atoms with Gasteiger partial charge in [-0.2, -0.15) is 0 Å². The number of phenolic OH excluding ortho intramolecular Hbond substituents is 1. The van der Waals surface area contributed by atoms with Crippen LogP contribution in [-0.4, -0.2) is 55.8 Å². The Kier molecular flexibility index (Phi) is 17.9. The molecule has 1 radical (unpaired) electrons. The van der Waals surface area contributed by atoms with E-state index in [9.17, 15) is 14.7 Å². The first-order valence-electron chi connectivity index (χ1n) is 15.7. The van der Waals surface area contributed by atoms with Crippen molar-refractivity contribution in [2.75, 3.05) is 44.0 Å². The van der Waals surface area contributed by atoms with Gasteiger partial charge in [0.05, 0.1) is 29.9 Å². The van der Waals surface area contributed by atoms with Crippen LogP contribution in [0.25, 0.3) is 10.8 Å². The zero-order valence-corrected chi connectivity index (χ0v) is 26.6. The predicted octanol–water partition coefficient (Wildman–Crippen LogP) is 8.38. The molecule has 42 heavy (non-hydrogen) atoms. The van der Waals surface area contributed by atoms with Crippen LogP contribution in [0.3, 0.4) is 0 Å². The Morgan fingerprint density at radius 2 is 1.60 bits per heavy atom. The van der Waals surface area contributed by atoms with Crippen molar-refractivity contribution in [3.05, 3.63) is 29.8 Å². The molecule has 0 aliphatic carbocycles. The molecule has 0 fully saturated rings. The minimum absolute atomic E-state index is 0.0904. The first kappa shape index (κ1) is 35.5. The number of unbranched alkanes of at least 4 members (excludes halogenated alkanes) is 9. The van der Waals surface area contributed by atoms with Gasteiger partial charge in [0.15, 0.2) is 0 Å². The third-order valence-corrected chi connectivity index (χ3v) is 7.03.